The molecule has 1 heterocycles. The maximum absolute atomic E-state index is 5.94. The first-order valence-corrected chi connectivity index (χ1v) is 6.24. The molecule has 1 aliphatic heterocycles. The first kappa shape index (κ1) is 12.6. The average Bonchev–Trinajstić information content (AvgIpc) is 2.67. The standard InChI is InChI=1S/C12H15ClN2OS/c1-12(4-5-16-7-12)15-10-3-2-8(13)6-9(10)11(14)17/h2-3,6,15H,4-5,7H2,1H3,(H2,14,17). The zero-order valence-corrected chi connectivity index (χ0v) is 11.2. The predicted octanol–water partition coefficient (Wildman–Crippen LogP) is 2.57. The van der Waals surface area contributed by atoms with Gasteiger partial charge in [-0.15, -0.1) is 0 Å². The fourth-order valence-electron chi connectivity index (χ4n) is 1.92. The third-order valence-electron chi connectivity index (χ3n) is 2.90. The number of ether oxygens (including phenoxy) is 1. The summed E-state index contributed by atoms with van der Waals surface area (Å²) in [5.74, 6) is 0. The van der Waals surface area contributed by atoms with Crippen LogP contribution in [0.1, 0.15) is 18.9 Å². The minimum Gasteiger partial charge on any atom is -0.389 e. The van der Waals surface area contributed by atoms with Crippen molar-refractivity contribution < 1.29 is 4.74 Å². The molecule has 17 heavy (non-hydrogen) atoms. The van der Waals surface area contributed by atoms with Crippen LogP contribution in [0.2, 0.25) is 5.02 Å². The van der Waals surface area contributed by atoms with Crippen LogP contribution in [0.15, 0.2) is 18.2 Å². The molecule has 0 aromatic heterocycles. The zero-order chi connectivity index (χ0) is 12.5. The molecule has 0 saturated carbocycles. The summed E-state index contributed by atoms with van der Waals surface area (Å²) < 4.78 is 5.40. The molecule has 92 valence electrons. The predicted molar refractivity (Wildman–Crippen MR) is 74.8 cm³/mol. The number of nitrogens with one attached hydrogen (secondary N) is 1. The summed E-state index contributed by atoms with van der Waals surface area (Å²) in [6, 6.07) is 5.51. The second-order valence-electron chi connectivity index (χ2n) is 4.54. The van der Waals surface area contributed by atoms with Gasteiger partial charge in [0.1, 0.15) is 4.99 Å². The highest BCUT2D eigenvalue weighted by molar-refractivity contribution is 7.80. The Hall–Kier alpha value is -0.840. The highest BCUT2D eigenvalue weighted by Gasteiger charge is 2.30. The fourth-order valence-corrected chi connectivity index (χ4v) is 2.26. The summed E-state index contributed by atoms with van der Waals surface area (Å²) in [5.41, 5.74) is 7.33. The SMILES string of the molecule is CC1(Nc2ccc(Cl)cc2C(N)=S)CCOC1. The summed E-state index contributed by atoms with van der Waals surface area (Å²) in [4.78, 5) is 0.345. The smallest absolute Gasteiger partial charge is 0.106 e. The minimum atomic E-state index is -0.0621. The lowest BCUT2D eigenvalue weighted by Crippen LogP contribution is -2.35. The third-order valence-corrected chi connectivity index (χ3v) is 3.36. The number of nitrogens with two attached hydrogens (primary N) is 1. The third kappa shape index (κ3) is 2.89. The Morgan fingerprint density at radius 2 is 2.35 bits per heavy atom. The van der Waals surface area contributed by atoms with E-state index in [2.05, 4.69) is 12.2 Å². The molecule has 0 radical (unpaired) electrons. The van der Waals surface area contributed by atoms with Crippen LogP contribution < -0.4 is 11.1 Å². The lowest BCUT2D eigenvalue weighted by atomic mass is 10.0. The Kier molecular flexibility index (Phi) is 3.56. The molecular formula is C12H15ClN2OS. The normalized spacial score (nSPS) is 23.6. The Morgan fingerprint density at radius 3 is 2.94 bits per heavy atom. The number of rotatable bonds is 3. The summed E-state index contributed by atoms with van der Waals surface area (Å²) in [7, 11) is 0. The van der Waals surface area contributed by atoms with Gasteiger partial charge in [0, 0.05) is 22.9 Å². The lowest BCUT2D eigenvalue weighted by Gasteiger charge is -2.26. The van der Waals surface area contributed by atoms with E-state index in [1.54, 1.807) is 6.07 Å². The number of thiocarbonyl (C=S) groups is 1. The van der Waals surface area contributed by atoms with E-state index in [0.29, 0.717) is 16.6 Å². The molecule has 5 heteroatoms. The van der Waals surface area contributed by atoms with Crippen LogP contribution in [0.4, 0.5) is 5.69 Å². The molecule has 2 rings (SSSR count). The van der Waals surface area contributed by atoms with Crippen LogP contribution >= 0.6 is 23.8 Å². The van der Waals surface area contributed by atoms with Crippen molar-refractivity contribution in [3.05, 3.63) is 28.8 Å². The minimum absolute atomic E-state index is 0.0621. The Bertz CT molecular complexity index is 444. The highest BCUT2D eigenvalue weighted by Crippen LogP contribution is 2.27. The quantitative estimate of drug-likeness (QED) is 0.829. The van der Waals surface area contributed by atoms with E-state index in [-0.39, 0.29) is 5.54 Å². The van der Waals surface area contributed by atoms with Crippen molar-refractivity contribution in [3.63, 3.8) is 0 Å². The average molecular weight is 271 g/mol. The van der Waals surface area contributed by atoms with Crippen LogP contribution in [-0.2, 0) is 4.74 Å². The molecule has 1 aromatic carbocycles. The summed E-state index contributed by atoms with van der Waals surface area (Å²) >= 11 is 11.0. The monoisotopic (exact) mass is 270 g/mol. The Balaban J connectivity index is 2.28. The van der Waals surface area contributed by atoms with Gasteiger partial charge in [0.2, 0.25) is 0 Å². The van der Waals surface area contributed by atoms with E-state index in [0.717, 1.165) is 24.3 Å². The largest absolute Gasteiger partial charge is 0.389 e. The van der Waals surface area contributed by atoms with Crippen LogP contribution in [-0.4, -0.2) is 23.7 Å². The van der Waals surface area contributed by atoms with E-state index >= 15 is 0 Å². The molecular weight excluding hydrogens is 256 g/mol. The van der Waals surface area contributed by atoms with Crippen molar-refractivity contribution in [2.45, 2.75) is 18.9 Å². The Morgan fingerprint density at radius 1 is 1.59 bits per heavy atom. The van der Waals surface area contributed by atoms with E-state index in [1.165, 1.54) is 0 Å². The first-order chi connectivity index (χ1) is 8.00. The molecule has 1 aliphatic rings. The molecule has 1 atom stereocenters. The van der Waals surface area contributed by atoms with E-state index in [9.17, 15) is 0 Å². The van der Waals surface area contributed by atoms with E-state index in [4.69, 9.17) is 34.3 Å². The van der Waals surface area contributed by atoms with Gasteiger partial charge in [0.25, 0.3) is 0 Å². The molecule has 3 N–H and O–H groups in total. The fraction of sp³-hybridized carbons (Fsp3) is 0.417. The number of benzene rings is 1. The number of anilines is 1. The zero-order valence-electron chi connectivity index (χ0n) is 9.63. The molecule has 0 aliphatic carbocycles. The number of hydrogen-bond acceptors (Lipinski definition) is 3. The second-order valence-corrected chi connectivity index (χ2v) is 5.42. The van der Waals surface area contributed by atoms with Gasteiger partial charge in [-0.1, -0.05) is 23.8 Å². The van der Waals surface area contributed by atoms with Crippen molar-refractivity contribution in [3.8, 4) is 0 Å². The van der Waals surface area contributed by atoms with E-state index in [1.807, 2.05) is 12.1 Å². The number of hydrogen-bond donors (Lipinski definition) is 2. The van der Waals surface area contributed by atoms with Gasteiger partial charge in [0.15, 0.2) is 0 Å². The lowest BCUT2D eigenvalue weighted by molar-refractivity contribution is 0.185. The molecule has 1 saturated heterocycles. The maximum atomic E-state index is 5.94. The van der Waals surface area contributed by atoms with Crippen LogP contribution in [0.25, 0.3) is 0 Å². The van der Waals surface area contributed by atoms with Crippen molar-refractivity contribution in [1.29, 1.82) is 0 Å². The molecule has 0 amide bonds. The highest BCUT2D eigenvalue weighted by atomic mass is 35.5. The topological polar surface area (TPSA) is 47.3 Å². The van der Waals surface area contributed by atoms with Crippen LogP contribution in [0, 0.1) is 0 Å². The second kappa shape index (κ2) is 4.80. The first-order valence-electron chi connectivity index (χ1n) is 5.45. The van der Waals surface area contributed by atoms with Gasteiger partial charge in [0.05, 0.1) is 12.1 Å². The van der Waals surface area contributed by atoms with Crippen molar-refractivity contribution >= 4 is 34.5 Å². The van der Waals surface area contributed by atoms with Gasteiger partial charge >= 0.3 is 0 Å². The molecule has 0 bridgehead atoms. The van der Waals surface area contributed by atoms with Gasteiger partial charge in [-0.25, -0.2) is 0 Å². The summed E-state index contributed by atoms with van der Waals surface area (Å²) in [6.07, 6.45) is 0.965. The number of halogens is 1. The van der Waals surface area contributed by atoms with Gasteiger partial charge in [-0.3, -0.25) is 0 Å². The Labute approximate surface area is 111 Å². The summed E-state index contributed by atoms with van der Waals surface area (Å²) in [6.45, 7) is 3.59. The molecule has 1 aromatic rings. The van der Waals surface area contributed by atoms with Gasteiger partial charge in [-0.2, -0.15) is 0 Å². The van der Waals surface area contributed by atoms with Gasteiger partial charge in [-0.05, 0) is 31.5 Å². The maximum Gasteiger partial charge on any atom is 0.106 e. The molecule has 1 unspecified atom stereocenters. The van der Waals surface area contributed by atoms with Crippen molar-refractivity contribution in [1.82, 2.24) is 0 Å². The van der Waals surface area contributed by atoms with Crippen LogP contribution in [0.5, 0.6) is 0 Å². The molecule has 3 nitrogen and oxygen atoms in total. The molecule has 0 spiro atoms. The van der Waals surface area contributed by atoms with E-state index < -0.39 is 0 Å². The van der Waals surface area contributed by atoms with Crippen molar-refractivity contribution in [2.24, 2.45) is 5.73 Å². The van der Waals surface area contributed by atoms with Crippen molar-refractivity contribution in [2.75, 3.05) is 18.5 Å². The van der Waals surface area contributed by atoms with Crippen LogP contribution in [0.3, 0.4) is 0 Å². The van der Waals surface area contributed by atoms with Gasteiger partial charge < -0.3 is 15.8 Å². The molecule has 1 fully saturated rings. The summed E-state index contributed by atoms with van der Waals surface area (Å²) in [5, 5.41) is 4.07.